The Kier molecular flexibility index (Phi) is 9.32. The third kappa shape index (κ3) is 7.70. The lowest BCUT2D eigenvalue weighted by atomic mass is 10.0. The molecule has 2 aromatic heterocycles. The molecule has 0 radical (unpaired) electrons. The van der Waals surface area contributed by atoms with Gasteiger partial charge in [-0.05, 0) is 29.3 Å². The summed E-state index contributed by atoms with van der Waals surface area (Å²) in [5.74, 6) is -3.21. The number of carbonyl (C=O) groups excluding carboxylic acids is 3. The number of aliphatic carboxylic acids is 1. The smallest absolute Gasteiger partial charge is 0.326 e. The molecule has 3 atom stereocenters. The molecule has 0 aliphatic heterocycles. The Morgan fingerprint density at radius 3 is 2.20 bits per heavy atom. The van der Waals surface area contributed by atoms with Crippen molar-refractivity contribution in [1.82, 2.24) is 30.9 Å². The number of aromatic hydroxyl groups is 1. The Bertz CT molecular complexity index is 1500. The number of benzene rings is 2. The SMILES string of the molecule is NCC(=O)NC(Cc1c[nH]c2ccccc12)C(=O)NC(Cc1ccc(O)cc1)C(=O)NC(Cc1cnc[nH]1)C(=O)O. The van der Waals surface area contributed by atoms with Crippen molar-refractivity contribution in [2.45, 2.75) is 37.4 Å². The number of fused-ring (bicyclic) bond motifs is 1. The van der Waals surface area contributed by atoms with E-state index in [2.05, 4.69) is 30.9 Å². The highest BCUT2D eigenvalue weighted by atomic mass is 16.4. The quantitative estimate of drug-likeness (QED) is 0.112. The van der Waals surface area contributed by atoms with Crippen molar-refractivity contribution in [3.8, 4) is 5.75 Å². The number of phenols is 1. The molecule has 9 N–H and O–H groups in total. The zero-order valence-electron chi connectivity index (χ0n) is 22.0. The number of hydrogen-bond donors (Lipinski definition) is 8. The molecule has 3 amide bonds. The van der Waals surface area contributed by atoms with Crippen LogP contribution in [0.2, 0.25) is 0 Å². The van der Waals surface area contributed by atoms with Crippen LogP contribution in [-0.4, -0.2) is 73.5 Å². The minimum atomic E-state index is -1.30. The van der Waals surface area contributed by atoms with E-state index in [-0.39, 0.29) is 31.6 Å². The molecule has 0 aliphatic carbocycles. The average Bonchev–Trinajstić information content (AvgIpc) is 3.63. The highest BCUT2D eigenvalue weighted by molar-refractivity contribution is 5.94. The van der Waals surface area contributed by atoms with E-state index in [0.29, 0.717) is 11.3 Å². The molecule has 0 bridgehead atoms. The number of carboxylic acid groups (broad SMARTS) is 1. The van der Waals surface area contributed by atoms with E-state index in [9.17, 15) is 29.4 Å². The number of hydrogen-bond acceptors (Lipinski definition) is 7. The molecule has 13 heteroatoms. The molecule has 4 rings (SSSR count). The first-order chi connectivity index (χ1) is 19.7. The number of amides is 3. The molecule has 3 unspecified atom stereocenters. The van der Waals surface area contributed by atoms with Crippen LogP contribution in [0, 0.1) is 0 Å². The molecule has 214 valence electrons. The number of aromatic nitrogens is 3. The van der Waals surface area contributed by atoms with Gasteiger partial charge >= 0.3 is 5.97 Å². The van der Waals surface area contributed by atoms with Gasteiger partial charge in [0, 0.05) is 48.3 Å². The summed E-state index contributed by atoms with van der Waals surface area (Å²) >= 11 is 0. The second-order valence-electron chi connectivity index (χ2n) is 9.50. The number of nitrogens with two attached hydrogens (primary N) is 1. The molecule has 2 aromatic carbocycles. The van der Waals surface area contributed by atoms with E-state index in [4.69, 9.17) is 5.73 Å². The number of rotatable bonds is 13. The lowest BCUT2D eigenvalue weighted by Crippen LogP contribution is -2.57. The standard InChI is InChI=1S/C28H31N7O6/c29-12-25(37)33-23(10-17-13-31-21-4-2-1-3-20(17)21)27(39)34-22(9-16-5-7-19(36)8-6-16)26(38)35-24(28(40)41)11-18-14-30-15-32-18/h1-8,13-15,22-24,31,36H,9-12,29H2,(H,30,32)(H,33,37)(H,34,39)(H,35,38)(H,40,41). The molecule has 0 fully saturated rings. The van der Waals surface area contributed by atoms with Crippen LogP contribution in [-0.2, 0) is 38.4 Å². The summed E-state index contributed by atoms with van der Waals surface area (Å²) in [5.41, 5.74) is 8.21. The third-order valence-corrected chi connectivity index (χ3v) is 6.54. The van der Waals surface area contributed by atoms with Gasteiger partial charge in [0.05, 0.1) is 12.9 Å². The summed E-state index contributed by atoms with van der Waals surface area (Å²) < 4.78 is 0. The first-order valence-corrected chi connectivity index (χ1v) is 12.9. The number of imidazole rings is 1. The number of phenolic OH excluding ortho intramolecular Hbond substituents is 1. The minimum Gasteiger partial charge on any atom is -0.508 e. The second-order valence-corrected chi connectivity index (χ2v) is 9.50. The van der Waals surface area contributed by atoms with Crippen LogP contribution >= 0.6 is 0 Å². The zero-order chi connectivity index (χ0) is 29.4. The Hall–Kier alpha value is -5.17. The molecule has 0 saturated carbocycles. The molecular formula is C28H31N7O6. The van der Waals surface area contributed by atoms with Gasteiger partial charge in [-0.1, -0.05) is 30.3 Å². The van der Waals surface area contributed by atoms with Crippen molar-refractivity contribution in [2.24, 2.45) is 5.73 Å². The fraction of sp³-hybridized carbons (Fsp3) is 0.250. The maximum absolute atomic E-state index is 13.6. The molecule has 13 nitrogen and oxygen atoms in total. The molecule has 2 heterocycles. The number of nitrogens with one attached hydrogen (secondary N) is 5. The molecule has 0 saturated heterocycles. The van der Waals surface area contributed by atoms with Crippen molar-refractivity contribution in [1.29, 1.82) is 0 Å². The van der Waals surface area contributed by atoms with Crippen LogP contribution in [0.15, 0.2) is 67.3 Å². The normalized spacial score (nSPS) is 13.2. The van der Waals surface area contributed by atoms with Gasteiger partial charge in [-0.15, -0.1) is 0 Å². The fourth-order valence-corrected chi connectivity index (χ4v) is 4.42. The predicted molar refractivity (Wildman–Crippen MR) is 149 cm³/mol. The number of carboxylic acids is 1. The summed E-state index contributed by atoms with van der Waals surface area (Å²) in [6, 6.07) is 9.93. The summed E-state index contributed by atoms with van der Waals surface area (Å²) in [7, 11) is 0. The van der Waals surface area contributed by atoms with Crippen molar-refractivity contribution in [2.75, 3.05) is 6.54 Å². The van der Waals surface area contributed by atoms with Crippen molar-refractivity contribution in [3.63, 3.8) is 0 Å². The Balaban J connectivity index is 1.57. The number of aromatic amines is 2. The van der Waals surface area contributed by atoms with Gasteiger partial charge in [0.15, 0.2) is 0 Å². The van der Waals surface area contributed by atoms with E-state index in [1.54, 1.807) is 18.3 Å². The number of nitrogens with zero attached hydrogens (tertiary/aromatic N) is 1. The second kappa shape index (κ2) is 13.3. The van der Waals surface area contributed by atoms with Crippen molar-refractivity contribution >= 4 is 34.6 Å². The van der Waals surface area contributed by atoms with Crippen LogP contribution in [0.4, 0.5) is 0 Å². The van der Waals surface area contributed by atoms with Crippen LogP contribution in [0.5, 0.6) is 5.75 Å². The summed E-state index contributed by atoms with van der Waals surface area (Å²) in [6.45, 7) is -0.344. The van der Waals surface area contributed by atoms with Gasteiger partial charge in [0.2, 0.25) is 17.7 Å². The van der Waals surface area contributed by atoms with Crippen LogP contribution in [0.25, 0.3) is 10.9 Å². The monoisotopic (exact) mass is 561 g/mol. The van der Waals surface area contributed by atoms with E-state index in [1.807, 2.05) is 24.3 Å². The largest absolute Gasteiger partial charge is 0.508 e. The fourth-order valence-electron chi connectivity index (χ4n) is 4.42. The van der Waals surface area contributed by atoms with E-state index >= 15 is 0 Å². The molecule has 4 aromatic rings. The minimum absolute atomic E-state index is 0.0150. The lowest BCUT2D eigenvalue weighted by Gasteiger charge is -2.24. The lowest BCUT2D eigenvalue weighted by molar-refractivity contribution is -0.142. The number of para-hydroxylation sites is 1. The number of carbonyl (C=O) groups is 4. The highest BCUT2D eigenvalue weighted by Crippen LogP contribution is 2.19. The molecule has 0 spiro atoms. The van der Waals surface area contributed by atoms with Gasteiger partial charge in [0.1, 0.15) is 23.9 Å². The van der Waals surface area contributed by atoms with Crippen LogP contribution < -0.4 is 21.7 Å². The highest BCUT2D eigenvalue weighted by Gasteiger charge is 2.30. The summed E-state index contributed by atoms with van der Waals surface area (Å²) in [5, 5.41) is 28.0. The van der Waals surface area contributed by atoms with Gasteiger partial charge in [-0.25, -0.2) is 9.78 Å². The maximum Gasteiger partial charge on any atom is 0.326 e. The van der Waals surface area contributed by atoms with E-state index in [1.165, 1.54) is 24.7 Å². The topological polar surface area (TPSA) is 215 Å². The van der Waals surface area contributed by atoms with Gasteiger partial charge in [-0.2, -0.15) is 0 Å². The first-order valence-electron chi connectivity index (χ1n) is 12.9. The van der Waals surface area contributed by atoms with Crippen LogP contribution in [0.1, 0.15) is 16.8 Å². The molecular weight excluding hydrogens is 530 g/mol. The van der Waals surface area contributed by atoms with E-state index in [0.717, 1.165) is 16.5 Å². The summed E-state index contributed by atoms with van der Waals surface area (Å²) in [4.78, 5) is 60.9. The Labute approximate surface area is 234 Å². The average molecular weight is 562 g/mol. The first kappa shape index (κ1) is 28.8. The van der Waals surface area contributed by atoms with Gasteiger partial charge in [0.25, 0.3) is 0 Å². The maximum atomic E-state index is 13.6. The Morgan fingerprint density at radius 1 is 0.854 bits per heavy atom. The van der Waals surface area contributed by atoms with E-state index < -0.39 is 41.8 Å². The summed E-state index contributed by atoms with van der Waals surface area (Å²) in [6.07, 6.45) is 4.62. The molecule has 0 aliphatic rings. The van der Waals surface area contributed by atoms with Crippen molar-refractivity contribution in [3.05, 3.63) is 84.1 Å². The van der Waals surface area contributed by atoms with Crippen molar-refractivity contribution < 1.29 is 29.4 Å². The Morgan fingerprint density at radius 2 is 1.54 bits per heavy atom. The third-order valence-electron chi connectivity index (χ3n) is 6.54. The van der Waals surface area contributed by atoms with Gasteiger partial charge in [-0.3, -0.25) is 14.4 Å². The van der Waals surface area contributed by atoms with Gasteiger partial charge < -0.3 is 41.9 Å². The van der Waals surface area contributed by atoms with Crippen LogP contribution in [0.3, 0.4) is 0 Å². The zero-order valence-corrected chi connectivity index (χ0v) is 22.0. The molecule has 41 heavy (non-hydrogen) atoms. The number of H-pyrrole nitrogens is 2. The predicted octanol–water partition coefficient (Wildman–Crippen LogP) is 0.122.